The van der Waals surface area contributed by atoms with Gasteiger partial charge in [0.1, 0.15) is 10.6 Å². The predicted octanol–water partition coefficient (Wildman–Crippen LogP) is 3.53. The van der Waals surface area contributed by atoms with Crippen molar-refractivity contribution < 1.29 is 5.11 Å². The number of aromatic hydroxyl groups is 1. The van der Waals surface area contributed by atoms with Crippen molar-refractivity contribution in [3.63, 3.8) is 0 Å². The molecule has 0 spiro atoms. The molecule has 0 unspecified atom stereocenters. The number of rotatable bonds is 3. The van der Waals surface area contributed by atoms with Crippen molar-refractivity contribution in [1.29, 1.82) is 0 Å². The van der Waals surface area contributed by atoms with E-state index in [1.807, 2.05) is 42.5 Å². The van der Waals surface area contributed by atoms with Crippen LogP contribution >= 0.6 is 11.8 Å². The lowest BCUT2D eigenvalue weighted by molar-refractivity contribution is 0.467. The van der Waals surface area contributed by atoms with Crippen molar-refractivity contribution in [2.75, 3.05) is 0 Å². The number of benzene rings is 2. The first-order valence-corrected chi connectivity index (χ1v) is 7.25. The smallest absolute Gasteiger partial charge is 0.265 e. The number of thioether (sulfide) groups is 1. The SMILES string of the molecule is O=c1[nH]c2ccccc2c(O)c1SCc1ccccc1. The molecule has 0 saturated heterocycles. The molecule has 4 heteroatoms. The van der Waals surface area contributed by atoms with Crippen LogP contribution in [0.25, 0.3) is 10.9 Å². The van der Waals surface area contributed by atoms with Crippen LogP contribution in [0, 0.1) is 0 Å². The molecule has 0 aliphatic carbocycles. The van der Waals surface area contributed by atoms with Crippen molar-refractivity contribution in [1.82, 2.24) is 4.98 Å². The highest BCUT2D eigenvalue weighted by Crippen LogP contribution is 2.32. The zero-order valence-electron chi connectivity index (χ0n) is 10.7. The van der Waals surface area contributed by atoms with Gasteiger partial charge in [-0.15, -0.1) is 11.8 Å². The average Bonchev–Trinajstić information content (AvgIpc) is 2.48. The molecule has 0 aliphatic rings. The summed E-state index contributed by atoms with van der Waals surface area (Å²) in [5.74, 6) is 0.709. The van der Waals surface area contributed by atoms with Crippen LogP contribution in [0.3, 0.4) is 0 Å². The molecule has 0 bridgehead atoms. The Balaban J connectivity index is 1.97. The lowest BCUT2D eigenvalue weighted by atomic mass is 10.2. The second-order valence-electron chi connectivity index (χ2n) is 4.45. The topological polar surface area (TPSA) is 53.1 Å². The maximum atomic E-state index is 12.0. The first-order valence-electron chi connectivity index (χ1n) is 6.26. The zero-order chi connectivity index (χ0) is 13.9. The molecule has 1 heterocycles. The Morgan fingerprint density at radius 3 is 2.50 bits per heavy atom. The van der Waals surface area contributed by atoms with Crippen LogP contribution in [0.1, 0.15) is 5.56 Å². The molecule has 3 aromatic rings. The fraction of sp³-hybridized carbons (Fsp3) is 0.0625. The molecule has 0 radical (unpaired) electrons. The largest absolute Gasteiger partial charge is 0.506 e. The Hall–Kier alpha value is -2.20. The molecule has 0 aliphatic heterocycles. The Morgan fingerprint density at radius 2 is 1.70 bits per heavy atom. The van der Waals surface area contributed by atoms with E-state index in [0.29, 0.717) is 21.6 Å². The number of para-hydroxylation sites is 1. The molecular formula is C16H13NO2S. The molecule has 3 rings (SSSR count). The summed E-state index contributed by atoms with van der Waals surface area (Å²) in [6.07, 6.45) is 0. The summed E-state index contributed by atoms with van der Waals surface area (Å²) < 4.78 is 0. The van der Waals surface area contributed by atoms with Gasteiger partial charge in [0.2, 0.25) is 0 Å². The normalized spacial score (nSPS) is 10.8. The number of hydrogen-bond acceptors (Lipinski definition) is 3. The number of aromatic amines is 1. The number of pyridine rings is 1. The van der Waals surface area contributed by atoms with E-state index in [0.717, 1.165) is 5.56 Å². The standard InChI is InChI=1S/C16H13NO2S/c18-14-12-8-4-5-9-13(12)17-16(19)15(14)20-10-11-6-2-1-3-7-11/h1-9H,10H2,(H2,17,18,19). The van der Waals surface area contributed by atoms with Crippen LogP contribution in [0.2, 0.25) is 0 Å². The van der Waals surface area contributed by atoms with Gasteiger partial charge in [-0.25, -0.2) is 0 Å². The van der Waals surface area contributed by atoms with Crippen molar-refractivity contribution in [2.45, 2.75) is 10.6 Å². The number of hydrogen-bond donors (Lipinski definition) is 2. The van der Waals surface area contributed by atoms with E-state index in [9.17, 15) is 9.90 Å². The second-order valence-corrected chi connectivity index (χ2v) is 5.44. The Kier molecular flexibility index (Phi) is 3.48. The minimum atomic E-state index is -0.248. The van der Waals surface area contributed by atoms with Crippen molar-refractivity contribution in [2.24, 2.45) is 0 Å². The van der Waals surface area contributed by atoms with Gasteiger partial charge in [-0.1, -0.05) is 42.5 Å². The number of aromatic nitrogens is 1. The summed E-state index contributed by atoms with van der Waals surface area (Å²) in [5.41, 5.74) is 1.52. The monoisotopic (exact) mass is 283 g/mol. The van der Waals surface area contributed by atoms with Gasteiger partial charge in [-0.2, -0.15) is 0 Å². The van der Waals surface area contributed by atoms with Gasteiger partial charge in [-0.3, -0.25) is 4.79 Å². The van der Waals surface area contributed by atoms with Gasteiger partial charge < -0.3 is 10.1 Å². The molecule has 100 valence electrons. The van der Waals surface area contributed by atoms with Crippen LogP contribution in [-0.4, -0.2) is 10.1 Å². The third-order valence-electron chi connectivity index (χ3n) is 3.08. The van der Waals surface area contributed by atoms with E-state index >= 15 is 0 Å². The molecule has 0 atom stereocenters. The van der Waals surface area contributed by atoms with Gasteiger partial charge in [0.15, 0.2) is 0 Å². The fourth-order valence-electron chi connectivity index (χ4n) is 2.07. The minimum Gasteiger partial charge on any atom is -0.506 e. The maximum Gasteiger partial charge on any atom is 0.265 e. The Morgan fingerprint density at radius 1 is 1.00 bits per heavy atom. The highest BCUT2D eigenvalue weighted by molar-refractivity contribution is 7.98. The molecule has 0 amide bonds. The van der Waals surface area contributed by atoms with Gasteiger partial charge in [-0.05, 0) is 17.7 Å². The van der Waals surface area contributed by atoms with E-state index in [-0.39, 0.29) is 11.3 Å². The molecule has 2 aromatic carbocycles. The van der Waals surface area contributed by atoms with E-state index in [1.54, 1.807) is 12.1 Å². The van der Waals surface area contributed by atoms with E-state index in [4.69, 9.17) is 0 Å². The van der Waals surface area contributed by atoms with Crippen LogP contribution < -0.4 is 5.56 Å². The minimum absolute atomic E-state index is 0.0604. The van der Waals surface area contributed by atoms with Crippen LogP contribution in [-0.2, 0) is 5.75 Å². The maximum absolute atomic E-state index is 12.0. The summed E-state index contributed by atoms with van der Waals surface area (Å²) >= 11 is 1.35. The highest BCUT2D eigenvalue weighted by Gasteiger charge is 2.11. The van der Waals surface area contributed by atoms with Crippen LogP contribution in [0.4, 0.5) is 0 Å². The van der Waals surface area contributed by atoms with E-state index in [2.05, 4.69) is 4.98 Å². The first-order chi connectivity index (χ1) is 9.75. The van der Waals surface area contributed by atoms with Gasteiger partial charge >= 0.3 is 0 Å². The van der Waals surface area contributed by atoms with E-state index < -0.39 is 0 Å². The average molecular weight is 283 g/mol. The predicted molar refractivity (Wildman–Crippen MR) is 82.2 cm³/mol. The summed E-state index contributed by atoms with van der Waals surface area (Å²) in [5, 5.41) is 10.9. The number of fused-ring (bicyclic) bond motifs is 1. The molecule has 20 heavy (non-hydrogen) atoms. The highest BCUT2D eigenvalue weighted by atomic mass is 32.2. The van der Waals surface area contributed by atoms with Crippen LogP contribution in [0.15, 0.2) is 64.3 Å². The van der Waals surface area contributed by atoms with Gasteiger partial charge in [0, 0.05) is 11.1 Å². The first kappa shape index (κ1) is 12.8. The molecule has 3 nitrogen and oxygen atoms in total. The zero-order valence-corrected chi connectivity index (χ0v) is 11.5. The lowest BCUT2D eigenvalue weighted by Gasteiger charge is -2.07. The van der Waals surface area contributed by atoms with Crippen LogP contribution in [0.5, 0.6) is 5.75 Å². The second kappa shape index (κ2) is 5.43. The summed E-state index contributed by atoms with van der Waals surface area (Å²) in [6, 6.07) is 17.1. The molecular weight excluding hydrogens is 270 g/mol. The third-order valence-corrected chi connectivity index (χ3v) is 4.22. The molecule has 2 N–H and O–H groups in total. The van der Waals surface area contributed by atoms with Gasteiger partial charge in [0.25, 0.3) is 5.56 Å². The quantitative estimate of drug-likeness (QED) is 0.723. The Labute approximate surface area is 120 Å². The molecule has 1 aromatic heterocycles. The fourth-order valence-corrected chi connectivity index (χ4v) is 3.00. The number of H-pyrrole nitrogens is 1. The number of nitrogens with one attached hydrogen (secondary N) is 1. The van der Waals surface area contributed by atoms with Crippen molar-refractivity contribution in [3.05, 3.63) is 70.5 Å². The summed E-state index contributed by atoms with van der Waals surface area (Å²) in [7, 11) is 0. The summed E-state index contributed by atoms with van der Waals surface area (Å²) in [6.45, 7) is 0. The van der Waals surface area contributed by atoms with Crippen molar-refractivity contribution in [3.8, 4) is 5.75 Å². The lowest BCUT2D eigenvalue weighted by Crippen LogP contribution is -2.08. The van der Waals surface area contributed by atoms with Gasteiger partial charge in [0.05, 0.1) is 5.52 Å². The molecule has 0 saturated carbocycles. The van der Waals surface area contributed by atoms with E-state index in [1.165, 1.54) is 11.8 Å². The molecule has 0 fully saturated rings. The third kappa shape index (κ3) is 2.42. The summed E-state index contributed by atoms with van der Waals surface area (Å²) in [4.78, 5) is 15.2. The van der Waals surface area contributed by atoms with Crippen molar-refractivity contribution >= 4 is 22.7 Å². The Bertz CT molecular complexity index is 796.